The highest BCUT2D eigenvalue weighted by Gasteiger charge is 2.21. The van der Waals surface area contributed by atoms with Gasteiger partial charge in [0.1, 0.15) is 23.1 Å². The van der Waals surface area contributed by atoms with Gasteiger partial charge in [-0.2, -0.15) is 10.2 Å². The molecule has 1 aliphatic heterocycles. The summed E-state index contributed by atoms with van der Waals surface area (Å²) in [6, 6.07) is 8.05. The predicted molar refractivity (Wildman–Crippen MR) is 139 cm³/mol. The molecule has 2 aromatic rings. The van der Waals surface area contributed by atoms with Crippen LogP contribution in [0, 0.1) is 11.3 Å². The molecule has 10 nitrogen and oxygen atoms in total. The Labute approximate surface area is 207 Å². The maximum atomic E-state index is 12.6. The molecular formula is C25H36N8O2. The van der Waals surface area contributed by atoms with Crippen LogP contribution < -0.4 is 20.9 Å². The first kappa shape index (κ1) is 26.0. The first-order chi connectivity index (χ1) is 16.6. The van der Waals surface area contributed by atoms with Gasteiger partial charge in [0, 0.05) is 37.9 Å². The quantitative estimate of drug-likeness (QED) is 0.530. The molecule has 0 aliphatic carbocycles. The maximum Gasteiger partial charge on any atom is 0.412 e. The van der Waals surface area contributed by atoms with E-state index in [0.717, 1.165) is 38.4 Å². The molecule has 0 radical (unpaired) electrons. The Bertz CT molecular complexity index is 1070. The third-order valence-corrected chi connectivity index (χ3v) is 5.40. The number of benzene rings is 1. The summed E-state index contributed by atoms with van der Waals surface area (Å²) < 4.78 is 5.48. The number of ether oxygens (including phenoxy) is 1. The van der Waals surface area contributed by atoms with Crippen molar-refractivity contribution >= 4 is 34.9 Å². The highest BCUT2D eigenvalue weighted by atomic mass is 16.6. The molecule has 3 rings (SSSR count). The van der Waals surface area contributed by atoms with Crippen LogP contribution >= 0.6 is 0 Å². The number of anilines is 5. The van der Waals surface area contributed by atoms with Gasteiger partial charge in [0.25, 0.3) is 0 Å². The van der Waals surface area contributed by atoms with Crippen LogP contribution in [-0.4, -0.2) is 65.3 Å². The summed E-state index contributed by atoms with van der Waals surface area (Å²) in [5.41, 5.74) is 1.92. The van der Waals surface area contributed by atoms with Crippen molar-refractivity contribution in [1.29, 1.82) is 5.26 Å². The van der Waals surface area contributed by atoms with Crippen molar-refractivity contribution < 1.29 is 9.53 Å². The monoisotopic (exact) mass is 480 g/mol. The standard InChI is InChI=1S/C25H36N8O2/c1-7-32-10-12-33(13-11-32)19-8-9-20(21(14-19)30-24(34)35-25(4,5)6)29-23-27-16-18(15-26)22(31-23)28-17(2)3/h8-9,14,16-17H,7,10-13H2,1-6H3,(H,30,34)(H2,27,28,29,31). The topological polar surface area (TPSA) is 118 Å². The highest BCUT2D eigenvalue weighted by Crippen LogP contribution is 2.31. The van der Waals surface area contributed by atoms with E-state index in [4.69, 9.17) is 4.74 Å². The molecule has 0 spiro atoms. The van der Waals surface area contributed by atoms with Gasteiger partial charge in [-0.1, -0.05) is 6.92 Å². The molecule has 3 N–H and O–H groups in total. The van der Waals surface area contributed by atoms with Crippen LogP contribution in [0.4, 0.5) is 33.6 Å². The van der Waals surface area contributed by atoms with Gasteiger partial charge in [0.2, 0.25) is 5.95 Å². The van der Waals surface area contributed by atoms with E-state index in [2.05, 4.69) is 48.7 Å². The third-order valence-electron chi connectivity index (χ3n) is 5.40. The van der Waals surface area contributed by atoms with Crippen molar-refractivity contribution in [2.24, 2.45) is 0 Å². The number of hydrogen-bond acceptors (Lipinski definition) is 9. The van der Waals surface area contributed by atoms with Gasteiger partial charge in [0.05, 0.1) is 17.6 Å². The highest BCUT2D eigenvalue weighted by molar-refractivity contribution is 5.91. The molecule has 1 saturated heterocycles. The van der Waals surface area contributed by atoms with E-state index in [9.17, 15) is 10.1 Å². The van der Waals surface area contributed by atoms with Gasteiger partial charge in [0.15, 0.2) is 0 Å². The summed E-state index contributed by atoms with van der Waals surface area (Å²) in [6.07, 6.45) is 0.930. The van der Waals surface area contributed by atoms with E-state index in [0.29, 0.717) is 28.7 Å². The van der Waals surface area contributed by atoms with Gasteiger partial charge >= 0.3 is 6.09 Å². The van der Waals surface area contributed by atoms with Crippen LogP contribution in [-0.2, 0) is 4.74 Å². The molecule has 0 saturated carbocycles. The number of hydrogen-bond donors (Lipinski definition) is 3. The Hall–Kier alpha value is -3.58. The molecule has 1 aromatic heterocycles. The molecule has 1 aromatic carbocycles. The van der Waals surface area contributed by atoms with E-state index in [1.54, 1.807) is 0 Å². The van der Waals surface area contributed by atoms with Gasteiger partial charge in [-0.15, -0.1) is 0 Å². The molecule has 1 amide bonds. The molecule has 1 aliphatic rings. The number of carbonyl (C=O) groups excluding carboxylic acids is 1. The second-order valence-corrected chi connectivity index (χ2v) is 9.77. The lowest BCUT2D eigenvalue weighted by Crippen LogP contribution is -2.46. The lowest BCUT2D eigenvalue weighted by molar-refractivity contribution is 0.0636. The fourth-order valence-corrected chi connectivity index (χ4v) is 3.71. The van der Waals surface area contributed by atoms with E-state index >= 15 is 0 Å². The Morgan fingerprint density at radius 1 is 1.20 bits per heavy atom. The van der Waals surface area contributed by atoms with Crippen LogP contribution in [0.3, 0.4) is 0 Å². The molecule has 35 heavy (non-hydrogen) atoms. The van der Waals surface area contributed by atoms with Crippen LogP contribution in [0.1, 0.15) is 47.1 Å². The number of carbonyl (C=O) groups is 1. The van der Waals surface area contributed by atoms with Gasteiger partial charge in [-0.3, -0.25) is 5.32 Å². The summed E-state index contributed by atoms with van der Waals surface area (Å²) in [5, 5.41) is 18.6. The van der Waals surface area contributed by atoms with E-state index in [1.165, 1.54) is 6.20 Å². The number of likely N-dealkylation sites (N-methyl/N-ethyl adjacent to an activating group) is 1. The fourth-order valence-electron chi connectivity index (χ4n) is 3.71. The molecule has 2 heterocycles. The third kappa shape index (κ3) is 7.45. The Morgan fingerprint density at radius 3 is 2.51 bits per heavy atom. The number of piperazine rings is 1. The second kappa shape index (κ2) is 11.2. The van der Waals surface area contributed by atoms with Crippen LogP contribution in [0.15, 0.2) is 24.4 Å². The summed E-state index contributed by atoms with van der Waals surface area (Å²) in [6.45, 7) is 16.4. The zero-order chi connectivity index (χ0) is 25.6. The van der Waals surface area contributed by atoms with Crippen molar-refractivity contribution in [1.82, 2.24) is 14.9 Å². The summed E-state index contributed by atoms with van der Waals surface area (Å²) in [5.74, 6) is 0.760. The maximum absolute atomic E-state index is 12.6. The number of nitriles is 1. The summed E-state index contributed by atoms with van der Waals surface area (Å²) in [4.78, 5) is 26.1. The zero-order valence-electron chi connectivity index (χ0n) is 21.5. The van der Waals surface area contributed by atoms with E-state index < -0.39 is 11.7 Å². The fraction of sp³-hybridized carbons (Fsp3) is 0.520. The Morgan fingerprint density at radius 2 is 1.91 bits per heavy atom. The lowest BCUT2D eigenvalue weighted by Gasteiger charge is -2.35. The van der Waals surface area contributed by atoms with Crippen molar-refractivity contribution in [3.63, 3.8) is 0 Å². The SMILES string of the molecule is CCN1CCN(c2ccc(Nc3ncc(C#N)c(NC(C)C)n3)c(NC(=O)OC(C)(C)C)c2)CC1. The summed E-state index contributed by atoms with van der Waals surface area (Å²) >= 11 is 0. The predicted octanol–water partition coefficient (Wildman–Crippen LogP) is 4.40. The second-order valence-electron chi connectivity index (χ2n) is 9.77. The van der Waals surface area contributed by atoms with Gasteiger partial charge < -0.3 is 25.2 Å². The van der Waals surface area contributed by atoms with Crippen LogP contribution in [0.25, 0.3) is 0 Å². The van der Waals surface area contributed by atoms with E-state index in [1.807, 2.05) is 52.8 Å². The number of aromatic nitrogens is 2. The zero-order valence-corrected chi connectivity index (χ0v) is 21.5. The number of nitrogens with zero attached hydrogens (tertiary/aromatic N) is 5. The van der Waals surface area contributed by atoms with Crippen molar-refractivity contribution in [3.05, 3.63) is 30.0 Å². The minimum atomic E-state index is -0.626. The minimum Gasteiger partial charge on any atom is -0.444 e. The van der Waals surface area contributed by atoms with Crippen molar-refractivity contribution in [3.8, 4) is 6.07 Å². The largest absolute Gasteiger partial charge is 0.444 e. The number of amides is 1. The smallest absolute Gasteiger partial charge is 0.412 e. The van der Waals surface area contributed by atoms with Crippen LogP contribution in [0.2, 0.25) is 0 Å². The normalized spacial score (nSPS) is 14.4. The molecule has 0 unspecified atom stereocenters. The van der Waals surface area contributed by atoms with Crippen molar-refractivity contribution in [2.75, 3.05) is 53.6 Å². The molecule has 188 valence electrons. The van der Waals surface area contributed by atoms with Crippen molar-refractivity contribution in [2.45, 2.75) is 53.2 Å². The number of rotatable bonds is 7. The molecule has 10 heteroatoms. The average Bonchev–Trinajstić information content (AvgIpc) is 2.79. The first-order valence-corrected chi connectivity index (χ1v) is 12.0. The average molecular weight is 481 g/mol. The molecular weight excluding hydrogens is 444 g/mol. The Balaban J connectivity index is 1.89. The number of nitrogens with one attached hydrogen (secondary N) is 3. The minimum absolute atomic E-state index is 0.0988. The molecule has 1 fully saturated rings. The van der Waals surface area contributed by atoms with Gasteiger partial charge in [-0.05, 0) is 59.4 Å². The lowest BCUT2D eigenvalue weighted by atomic mass is 10.2. The molecule has 0 atom stereocenters. The van der Waals surface area contributed by atoms with E-state index in [-0.39, 0.29) is 6.04 Å². The van der Waals surface area contributed by atoms with Crippen LogP contribution in [0.5, 0.6) is 0 Å². The first-order valence-electron chi connectivity index (χ1n) is 12.0. The summed E-state index contributed by atoms with van der Waals surface area (Å²) in [7, 11) is 0. The Kier molecular flexibility index (Phi) is 8.35. The van der Waals surface area contributed by atoms with Gasteiger partial charge in [-0.25, -0.2) is 9.78 Å². The molecule has 0 bridgehead atoms.